The first-order valence-electron chi connectivity index (χ1n) is 6.37. The highest BCUT2D eigenvalue weighted by Gasteiger charge is 2.32. The molecule has 114 valence electrons. The monoisotopic (exact) mass is 299 g/mol. The minimum Gasteiger partial charge on any atom is -0.383 e. The molecule has 0 aliphatic rings. The Balaban J connectivity index is 2.22. The Kier molecular flexibility index (Phi) is 4.52. The van der Waals surface area contributed by atoms with Crippen molar-refractivity contribution in [1.29, 1.82) is 0 Å². The van der Waals surface area contributed by atoms with Gasteiger partial charge in [-0.1, -0.05) is 6.07 Å². The molecule has 0 fully saturated rings. The summed E-state index contributed by atoms with van der Waals surface area (Å²) >= 11 is 0. The van der Waals surface area contributed by atoms with Crippen molar-refractivity contribution in [3.05, 3.63) is 41.7 Å². The molecule has 21 heavy (non-hydrogen) atoms. The lowest BCUT2D eigenvalue weighted by molar-refractivity contribution is -0.138. The summed E-state index contributed by atoms with van der Waals surface area (Å²) in [5.41, 5.74) is -0.115. The number of halogens is 3. The fourth-order valence-corrected chi connectivity index (χ4v) is 1.94. The number of rotatable bonds is 5. The molecule has 0 unspecified atom stereocenters. The normalized spacial score (nSPS) is 11.7. The van der Waals surface area contributed by atoms with Gasteiger partial charge in [-0.15, -0.1) is 0 Å². The maximum atomic E-state index is 12.9. The molecule has 0 radical (unpaired) electrons. The van der Waals surface area contributed by atoms with Crippen molar-refractivity contribution in [3.63, 3.8) is 0 Å². The number of ether oxygens (including phenoxy) is 1. The van der Waals surface area contributed by atoms with Crippen LogP contribution in [0, 0.1) is 6.92 Å². The molecule has 0 aliphatic heterocycles. The molecule has 0 bridgehead atoms. The van der Waals surface area contributed by atoms with E-state index in [4.69, 9.17) is 4.74 Å². The Hall–Kier alpha value is -2.02. The maximum absolute atomic E-state index is 12.9. The van der Waals surface area contributed by atoms with Crippen LogP contribution in [0.3, 0.4) is 0 Å². The first-order valence-corrected chi connectivity index (χ1v) is 6.37. The van der Waals surface area contributed by atoms with Gasteiger partial charge in [-0.25, -0.2) is 4.98 Å². The zero-order chi connectivity index (χ0) is 15.5. The summed E-state index contributed by atoms with van der Waals surface area (Å²) in [4.78, 5) is 4.09. The third-order valence-corrected chi connectivity index (χ3v) is 3.05. The lowest BCUT2D eigenvalue weighted by atomic mass is 10.1. The number of hydrogen-bond donors (Lipinski definition) is 1. The summed E-state index contributed by atoms with van der Waals surface area (Å²) in [6.07, 6.45) is -1.05. The Morgan fingerprint density at radius 2 is 2.10 bits per heavy atom. The van der Waals surface area contributed by atoms with Gasteiger partial charge in [0, 0.05) is 31.7 Å². The fraction of sp³-hybridized carbons (Fsp3) is 0.357. The van der Waals surface area contributed by atoms with E-state index in [1.807, 2.05) is 0 Å². The van der Waals surface area contributed by atoms with E-state index in [-0.39, 0.29) is 5.56 Å². The number of benzene rings is 1. The van der Waals surface area contributed by atoms with Crippen LogP contribution in [-0.2, 0) is 17.5 Å². The van der Waals surface area contributed by atoms with E-state index < -0.39 is 11.7 Å². The van der Waals surface area contributed by atoms with Crippen molar-refractivity contribution < 1.29 is 17.9 Å². The van der Waals surface area contributed by atoms with Crippen molar-refractivity contribution in [1.82, 2.24) is 9.55 Å². The smallest absolute Gasteiger partial charge is 0.383 e. The summed E-state index contributed by atoms with van der Waals surface area (Å²) in [5.74, 6) is 0.476. The maximum Gasteiger partial charge on any atom is 0.416 e. The molecule has 1 aromatic heterocycles. The molecule has 0 amide bonds. The van der Waals surface area contributed by atoms with E-state index in [0.29, 0.717) is 24.8 Å². The second-order valence-corrected chi connectivity index (χ2v) is 4.59. The highest BCUT2D eigenvalue weighted by atomic mass is 19.4. The third-order valence-electron chi connectivity index (χ3n) is 3.05. The number of imidazole rings is 1. The van der Waals surface area contributed by atoms with E-state index in [9.17, 15) is 13.2 Å². The van der Waals surface area contributed by atoms with Gasteiger partial charge in [0.2, 0.25) is 5.95 Å². The predicted octanol–water partition coefficient (Wildman–Crippen LogP) is 3.60. The zero-order valence-electron chi connectivity index (χ0n) is 11.7. The molecule has 0 saturated heterocycles. The van der Waals surface area contributed by atoms with Crippen LogP contribution >= 0.6 is 0 Å². The summed E-state index contributed by atoms with van der Waals surface area (Å²) in [6.45, 7) is 2.50. The lowest BCUT2D eigenvalue weighted by Gasteiger charge is -2.14. The van der Waals surface area contributed by atoms with E-state index in [1.54, 1.807) is 30.1 Å². The van der Waals surface area contributed by atoms with Crippen LogP contribution in [0.5, 0.6) is 0 Å². The number of aromatic nitrogens is 2. The van der Waals surface area contributed by atoms with Crippen molar-refractivity contribution >= 4 is 11.6 Å². The third kappa shape index (κ3) is 3.75. The summed E-state index contributed by atoms with van der Waals surface area (Å²) in [6, 6.07) is 4.12. The Morgan fingerprint density at radius 3 is 2.76 bits per heavy atom. The second-order valence-electron chi connectivity index (χ2n) is 4.59. The fourth-order valence-electron chi connectivity index (χ4n) is 1.94. The minimum absolute atomic E-state index is 0.191. The van der Waals surface area contributed by atoms with E-state index in [1.165, 1.54) is 13.0 Å². The van der Waals surface area contributed by atoms with Crippen LogP contribution < -0.4 is 5.32 Å². The van der Waals surface area contributed by atoms with Crippen LogP contribution in [-0.4, -0.2) is 23.3 Å². The van der Waals surface area contributed by atoms with Crippen molar-refractivity contribution in [2.45, 2.75) is 19.6 Å². The number of hydrogen-bond acceptors (Lipinski definition) is 3. The molecule has 0 saturated carbocycles. The summed E-state index contributed by atoms with van der Waals surface area (Å²) in [5, 5.41) is 2.90. The Bertz CT molecular complexity index is 608. The molecule has 2 aromatic rings. The van der Waals surface area contributed by atoms with Gasteiger partial charge in [-0.2, -0.15) is 13.2 Å². The van der Waals surface area contributed by atoms with Gasteiger partial charge in [0.15, 0.2) is 0 Å². The standard InChI is InChI=1S/C14H16F3N3O/c1-10-3-4-11(9-12(10)14(15,16)17)19-13-18-5-6-20(13)7-8-21-2/h3-6,9H,7-8H2,1-2H3,(H,18,19). The average Bonchev–Trinajstić information content (AvgIpc) is 2.84. The predicted molar refractivity (Wildman–Crippen MR) is 73.6 cm³/mol. The number of aryl methyl sites for hydroxylation is 1. The first-order chi connectivity index (χ1) is 9.91. The molecule has 4 nitrogen and oxygen atoms in total. The van der Waals surface area contributed by atoms with Gasteiger partial charge in [0.1, 0.15) is 0 Å². The van der Waals surface area contributed by atoms with Crippen molar-refractivity contribution in [2.75, 3.05) is 19.0 Å². The molecule has 0 spiro atoms. The molecular weight excluding hydrogens is 283 g/mol. The molecular formula is C14H16F3N3O. The van der Waals surface area contributed by atoms with Crippen LogP contribution in [0.2, 0.25) is 0 Å². The molecule has 2 rings (SSSR count). The number of alkyl halides is 3. The van der Waals surface area contributed by atoms with Gasteiger partial charge < -0.3 is 14.6 Å². The molecule has 1 N–H and O–H groups in total. The highest BCUT2D eigenvalue weighted by molar-refractivity contribution is 5.56. The quantitative estimate of drug-likeness (QED) is 0.917. The Labute approximate surface area is 120 Å². The molecule has 1 heterocycles. The van der Waals surface area contributed by atoms with E-state index in [2.05, 4.69) is 10.3 Å². The lowest BCUT2D eigenvalue weighted by Crippen LogP contribution is -2.10. The van der Waals surface area contributed by atoms with Gasteiger partial charge >= 0.3 is 6.18 Å². The molecule has 1 aromatic carbocycles. The average molecular weight is 299 g/mol. The van der Waals surface area contributed by atoms with Gasteiger partial charge in [-0.3, -0.25) is 0 Å². The molecule has 0 atom stereocenters. The van der Waals surface area contributed by atoms with Gasteiger partial charge in [0.05, 0.1) is 12.2 Å². The number of methoxy groups -OCH3 is 1. The van der Waals surface area contributed by atoms with E-state index in [0.717, 1.165) is 6.07 Å². The summed E-state index contributed by atoms with van der Waals surface area (Å²) < 4.78 is 45.4. The molecule has 0 aliphatic carbocycles. The van der Waals surface area contributed by atoms with Gasteiger partial charge in [0.25, 0.3) is 0 Å². The summed E-state index contributed by atoms with van der Waals surface area (Å²) in [7, 11) is 1.58. The van der Waals surface area contributed by atoms with E-state index >= 15 is 0 Å². The SMILES string of the molecule is COCCn1ccnc1Nc1ccc(C)c(C(F)(F)F)c1. The minimum atomic E-state index is -4.37. The Morgan fingerprint density at radius 1 is 1.33 bits per heavy atom. The van der Waals surface area contributed by atoms with Crippen LogP contribution in [0.25, 0.3) is 0 Å². The topological polar surface area (TPSA) is 39.1 Å². The second kappa shape index (κ2) is 6.17. The van der Waals surface area contributed by atoms with Crippen LogP contribution in [0.15, 0.2) is 30.6 Å². The molecule has 7 heteroatoms. The number of nitrogens with one attached hydrogen (secondary N) is 1. The number of anilines is 2. The van der Waals surface area contributed by atoms with Crippen LogP contribution in [0.4, 0.5) is 24.8 Å². The highest BCUT2D eigenvalue weighted by Crippen LogP contribution is 2.33. The first kappa shape index (κ1) is 15.4. The van der Waals surface area contributed by atoms with Crippen LogP contribution in [0.1, 0.15) is 11.1 Å². The van der Waals surface area contributed by atoms with Gasteiger partial charge in [-0.05, 0) is 24.6 Å². The van der Waals surface area contributed by atoms with Crippen molar-refractivity contribution in [2.24, 2.45) is 0 Å². The van der Waals surface area contributed by atoms with Crippen molar-refractivity contribution in [3.8, 4) is 0 Å². The largest absolute Gasteiger partial charge is 0.416 e. The number of nitrogens with zero attached hydrogens (tertiary/aromatic N) is 2. The zero-order valence-corrected chi connectivity index (χ0v) is 11.7.